The van der Waals surface area contributed by atoms with Crippen molar-refractivity contribution in [1.29, 1.82) is 0 Å². The number of thiophene rings is 1. The van der Waals surface area contributed by atoms with Gasteiger partial charge in [0.1, 0.15) is 23.8 Å². The summed E-state index contributed by atoms with van der Waals surface area (Å²) in [6.45, 7) is 4.80. The van der Waals surface area contributed by atoms with E-state index in [-0.39, 0.29) is 5.91 Å². The lowest BCUT2D eigenvalue weighted by Crippen LogP contribution is -2.49. The summed E-state index contributed by atoms with van der Waals surface area (Å²) in [5, 5.41) is 1.94. The molecule has 0 aliphatic carbocycles. The quantitative estimate of drug-likeness (QED) is 0.720. The minimum atomic E-state index is 0.118. The fourth-order valence-corrected chi connectivity index (χ4v) is 3.61. The molecule has 25 heavy (non-hydrogen) atoms. The fourth-order valence-electron chi connectivity index (χ4n) is 2.92. The topological polar surface area (TPSA) is 67.2 Å². The number of carbonyl (C=O) groups is 1. The predicted molar refractivity (Wildman–Crippen MR) is 96.3 cm³/mol. The number of imidazole rings is 1. The van der Waals surface area contributed by atoms with Gasteiger partial charge < -0.3 is 9.80 Å². The molecule has 4 rings (SSSR count). The predicted octanol–water partition coefficient (Wildman–Crippen LogP) is 1.99. The van der Waals surface area contributed by atoms with Crippen LogP contribution in [0.4, 0.5) is 5.82 Å². The molecule has 1 aliphatic rings. The number of amides is 1. The molecule has 1 aliphatic heterocycles. The maximum Gasteiger partial charge on any atom is 0.264 e. The molecule has 0 saturated carbocycles. The second-order valence-corrected chi connectivity index (χ2v) is 6.81. The summed E-state index contributed by atoms with van der Waals surface area (Å²) in [5.74, 6) is 2.53. The normalized spacial score (nSPS) is 14.8. The van der Waals surface area contributed by atoms with Gasteiger partial charge in [-0.15, -0.1) is 11.3 Å². The molecular weight excluding hydrogens is 336 g/mol. The lowest BCUT2D eigenvalue weighted by atomic mass is 10.3. The Morgan fingerprint density at radius 2 is 1.96 bits per heavy atom. The lowest BCUT2D eigenvalue weighted by Gasteiger charge is -2.35. The highest BCUT2D eigenvalue weighted by Gasteiger charge is 2.23. The van der Waals surface area contributed by atoms with Gasteiger partial charge in [0.05, 0.1) is 4.88 Å². The molecule has 0 N–H and O–H groups in total. The average Bonchev–Trinajstić information content (AvgIpc) is 3.34. The highest BCUT2D eigenvalue weighted by molar-refractivity contribution is 7.12. The van der Waals surface area contributed by atoms with Gasteiger partial charge in [-0.3, -0.25) is 9.36 Å². The number of rotatable bonds is 3. The van der Waals surface area contributed by atoms with Gasteiger partial charge in [-0.05, 0) is 18.4 Å². The van der Waals surface area contributed by atoms with Gasteiger partial charge in [0, 0.05) is 44.6 Å². The number of nitrogens with zero attached hydrogens (tertiary/aromatic N) is 6. The third-order valence-corrected chi connectivity index (χ3v) is 5.06. The monoisotopic (exact) mass is 354 g/mol. The van der Waals surface area contributed by atoms with Gasteiger partial charge in [-0.2, -0.15) is 0 Å². The van der Waals surface area contributed by atoms with Crippen molar-refractivity contribution in [2.45, 2.75) is 6.92 Å². The molecule has 0 atom stereocenters. The summed E-state index contributed by atoms with van der Waals surface area (Å²) >= 11 is 1.49. The Morgan fingerprint density at radius 1 is 1.16 bits per heavy atom. The maximum absolute atomic E-state index is 12.4. The molecule has 4 heterocycles. The molecule has 128 valence electrons. The summed E-state index contributed by atoms with van der Waals surface area (Å²) < 4.78 is 1.87. The molecule has 0 unspecified atom stereocenters. The van der Waals surface area contributed by atoms with Crippen molar-refractivity contribution in [3.63, 3.8) is 0 Å². The van der Waals surface area contributed by atoms with E-state index in [0.29, 0.717) is 13.1 Å². The minimum absolute atomic E-state index is 0.118. The zero-order chi connectivity index (χ0) is 17.2. The van der Waals surface area contributed by atoms with E-state index in [1.165, 1.54) is 11.3 Å². The Balaban J connectivity index is 1.48. The second kappa shape index (κ2) is 6.64. The van der Waals surface area contributed by atoms with E-state index in [1.807, 2.05) is 46.2 Å². The zero-order valence-corrected chi connectivity index (χ0v) is 14.7. The molecular formula is C17H18N6OS. The largest absolute Gasteiger partial charge is 0.353 e. The average molecular weight is 354 g/mol. The molecule has 3 aromatic heterocycles. The third kappa shape index (κ3) is 3.25. The molecule has 1 saturated heterocycles. The SMILES string of the molecule is Cc1nc(N2CCN(C(=O)c3cccs3)CC2)cc(-n2ccnc2)n1. The van der Waals surface area contributed by atoms with Crippen molar-refractivity contribution < 1.29 is 4.79 Å². The van der Waals surface area contributed by atoms with E-state index >= 15 is 0 Å². The minimum Gasteiger partial charge on any atom is -0.353 e. The first kappa shape index (κ1) is 15.8. The number of aromatic nitrogens is 4. The van der Waals surface area contributed by atoms with Crippen LogP contribution in [0.15, 0.2) is 42.3 Å². The first-order valence-corrected chi connectivity index (χ1v) is 9.00. The highest BCUT2D eigenvalue weighted by Crippen LogP contribution is 2.19. The highest BCUT2D eigenvalue weighted by atomic mass is 32.1. The number of piperazine rings is 1. The molecule has 0 spiro atoms. The van der Waals surface area contributed by atoms with Crippen molar-refractivity contribution in [3.05, 3.63) is 53.0 Å². The van der Waals surface area contributed by atoms with Crippen molar-refractivity contribution in [2.24, 2.45) is 0 Å². The molecule has 0 aromatic carbocycles. The standard InChI is InChI=1S/C17H18N6OS/c1-13-19-15(11-16(20-13)23-5-4-18-12-23)21-6-8-22(9-7-21)17(24)14-3-2-10-25-14/h2-5,10-12H,6-9H2,1H3. The van der Waals surface area contributed by atoms with E-state index in [0.717, 1.165) is 35.4 Å². The van der Waals surface area contributed by atoms with Crippen LogP contribution in [-0.4, -0.2) is 56.5 Å². The molecule has 1 fully saturated rings. The first-order valence-electron chi connectivity index (χ1n) is 8.12. The second-order valence-electron chi connectivity index (χ2n) is 5.86. The summed E-state index contributed by atoms with van der Waals surface area (Å²) in [6, 6.07) is 5.76. The van der Waals surface area contributed by atoms with Gasteiger partial charge in [-0.1, -0.05) is 6.07 Å². The molecule has 7 nitrogen and oxygen atoms in total. The smallest absolute Gasteiger partial charge is 0.264 e. The third-order valence-electron chi connectivity index (χ3n) is 4.20. The Hall–Kier alpha value is -2.74. The van der Waals surface area contributed by atoms with E-state index in [9.17, 15) is 4.79 Å². The Labute approximate surface area is 149 Å². The number of hydrogen-bond acceptors (Lipinski definition) is 6. The zero-order valence-electron chi connectivity index (χ0n) is 13.9. The number of anilines is 1. The van der Waals surface area contributed by atoms with E-state index < -0.39 is 0 Å². The fraction of sp³-hybridized carbons (Fsp3) is 0.294. The molecule has 1 amide bonds. The van der Waals surface area contributed by atoms with Crippen LogP contribution < -0.4 is 4.90 Å². The van der Waals surface area contributed by atoms with Crippen LogP contribution >= 0.6 is 11.3 Å². The van der Waals surface area contributed by atoms with Gasteiger partial charge in [0.2, 0.25) is 0 Å². The number of aryl methyl sites for hydroxylation is 1. The Bertz CT molecular complexity index is 853. The van der Waals surface area contributed by atoms with Gasteiger partial charge in [0.25, 0.3) is 5.91 Å². The van der Waals surface area contributed by atoms with Crippen LogP contribution in [0, 0.1) is 6.92 Å². The van der Waals surface area contributed by atoms with Crippen LogP contribution in [0.25, 0.3) is 5.82 Å². The van der Waals surface area contributed by atoms with E-state index in [1.54, 1.807) is 12.5 Å². The number of hydrogen-bond donors (Lipinski definition) is 0. The maximum atomic E-state index is 12.4. The summed E-state index contributed by atoms with van der Waals surface area (Å²) in [5.41, 5.74) is 0. The summed E-state index contributed by atoms with van der Waals surface area (Å²) in [4.78, 5) is 30.5. The van der Waals surface area contributed by atoms with Crippen molar-refractivity contribution >= 4 is 23.1 Å². The van der Waals surface area contributed by atoms with E-state index in [2.05, 4.69) is 19.9 Å². The molecule has 3 aromatic rings. The molecule has 0 bridgehead atoms. The first-order chi connectivity index (χ1) is 12.2. The van der Waals surface area contributed by atoms with Crippen LogP contribution in [0.3, 0.4) is 0 Å². The Morgan fingerprint density at radius 3 is 2.64 bits per heavy atom. The summed E-state index contributed by atoms with van der Waals surface area (Å²) in [7, 11) is 0. The molecule has 8 heteroatoms. The van der Waals surface area contributed by atoms with E-state index in [4.69, 9.17) is 0 Å². The lowest BCUT2D eigenvalue weighted by molar-refractivity contribution is 0.0751. The van der Waals surface area contributed by atoms with Crippen LogP contribution in [-0.2, 0) is 0 Å². The van der Waals surface area contributed by atoms with Gasteiger partial charge in [-0.25, -0.2) is 15.0 Å². The number of carbonyl (C=O) groups excluding carboxylic acids is 1. The van der Waals surface area contributed by atoms with Crippen molar-refractivity contribution in [3.8, 4) is 5.82 Å². The molecule has 0 radical (unpaired) electrons. The van der Waals surface area contributed by atoms with Crippen LogP contribution in [0.5, 0.6) is 0 Å². The van der Waals surface area contributed by atoms with Crippen molar-refractivity contribution in [1.82, 2.24) is 24.4 Å². The Kier molecular flexibility index (Phi) is 4.19. The van der Waals surface area contributed by atoms with Crippen LogP contribution in [0.2, 0.25) is 0 Å². The van der Waals surface area contributed by atoms with Crippen LogP contribution in [0.1, 0.15) is 15.5 Å². The van der Waals surface area contributed by atoms with Gasteiger partial charge in [0.15, 0.2) is 0 Å². The summed E-state index contributed by atoms with van der Waals surface area (Å²) in [6.07, 6.45) is 5.32. The van der Waals surface area contributed by atoms with Gasteiger partial charge >= 0.3 is 0 Å². The van der Waals surface area contributed by atoms with Crippen molar-refractivity contribution in [2.75, 3.05) is 31.1 Å².